The van der Waals surface area contributed by atoms with Crippen LogP contribution in [0.5, 0.6) is 5.75 Å². The van der Waals surface area contributed by atoms with Crippen molar-refractivity contribution < 1.29 is 9.15 Å². The molecule has 24 heavy (non-hydrogen) atoms. The highest BCUT2D eigenvalue weighted by Gasteiger charge is 2.20. The lowest BCUT2D eigenvalue weighted by Crippen LogP contribution is -2.46. The third kappa shape index (κ3) is 2.97. The first kappa shape index (κ1) is 15.1. The van der Waals surface area contributed by atoms with Gasteiger partial charge in [-0.3, -0.25) is 4.90 Å². The summed E-state index contributed by atoms with van der Waals surface area (Å²) in [5, 5.41) is 1.18. The predicted octanol–water partition coefficient (Wildman–Crippen LogP) is 3.76. The van der Waals surface area contributed by atoms with Crippen molar-refractivity contribution in [1.82, 2.24) is 4.90 Å². The molecule has 3 aromatic rings. The lowest BCUT2D eigenvalue weighted by atomic mass is 10.2. The zero-order valence-corrected chi connectivity index (χ0v) is 13.9. The van der Waals surface area contributed by atoms with Gasteiger partial charge in [-0.2, -0.15) is 0 Å². The monoisotopic (exact) mass is 322 g/mol. The third-order valence-corrected chi connectivity index (χ3v) is 4.65. The van der Waals surface area contributed by atoms with Crippen molar-refractivity contribution in [3.8, 4) is 5.75 Å². The molecule has 2 aromatic carbocycles. The Labute approximate surface area is 142 Å². The number of anilines is 1. The van der Waals surface area contributed by atoms with Gasteiger partial charge in [-0.1, -0.05) is 30.3 Å². The molecule has 0 unspecified atom stereocenters. The van der Waals surface area contributed by atoms with Crippen molar-refractivity contribution in [2.24, 2.45) is 0 Å². The fraction of sp³-hybridized carbons (Fsp3) is 0.300. The van der Waals surface area contributed by atoms with Gasteiger partial charge in [0.2, 0.25) is 0 Å². The second kappa shape index (κ2) is 6.57. The summed E-state index contributed by atoms with van der Waals surface area (Å²) < 4.78 is 11.4. The quantitative estimate of drug-likeness (QED) is 0.731. The number of para-hydroxylation sites is 3. The minimum absolute atomic E-state index is 0.869. The maximum Gasteiger partial charge on any atom is 0.142 e. The van der Waals surface area contributed by atoms with Crippen LogP contribution in [0.2, 0.25) is 0 Å². The Morgan fingerprint density at radius 3 is 2.50 bits per heavy atom. The summed E-state index contributed by atoms with van der Waals surface area (Å²) in [6, 6.07) is 18.6. The molecule has 1 aromatic heterocycles. The van der Waals surface area contributed by atoms with E-state index in [0.717, 1.165) is 49.8 Å². The molecular formula is C20H22N2O2. The smallest absolute Gasteiger partial charge is 0.142 e. The van der Waals surface area contributed by atoms with Crippen LogP contribution in [0.15, 0.2) is 59.0 Å². The predicted molar refractivity (Wildman–Crippen MR) is 96.7 cm³/mol. The topological polar surface area (TPSA) is 28.9 Å². The Bertz CT molecular complexity index is 786. The first-order valence-electron chi connectivity index (χ1n) is 8.41. The Morgan fingerprint density at radius 1 is 0.958 bits per heavy atom. The van der Waals surface area contributed by atoms with Crippen LogP contribution in [-0.4, -0.2) is 38.2 Å². The lowest BCUT2D eigenvalue weighted by Gasteiger charge is -2.36. The van der Waals surface area contributed by atoms with E-state index in [1.54, 1.807) is 7.11 Å². The van der Waals surface area contributed by atoms with Crippen molar-refractivity contribution >= 4 is 16.7 Å². The molecule has 0 aliphatic carbocycles. The van der Waals surface area contributed by atoms with Crippen molar-refractivity contribution in [3.05, 3.63) is 60.4 Å². The molecule has 1 fully saturated rings. The van der Waals surface area contributed by atoms with E-state index in [1.165, 1.54) is 11.1 Å². The first-order chi connectivity index (χ1) is 11.8. The van der Waals surface area contributed by atoms with Crippen LogP contribution in [0.1, 0.15) is 5.76 Å². The summed E-state index contributed by atoms with van der Waals surface area (Å²) in [4.78, 5) is 4.84. The van der Waals surface area contributed by atoms with Crippen molar-refractivity contribution in [2.75, 3.05) is 38.2 Å². The van der Waals surface area contributed by atoms with Gasteiger partial charge in [0.05, 0.1) is 19.3 Å². The van der Waals surface area contributed by atoms with Gasteiger partial charge >= 0.3 is 0 Å². The maximum absolute atomic E-state index is 5.94. The lowest BCUT2D eigenvalue weighted by molar-refractivity contribution is 0.232. The molecule has 0 amide bonds. The molecule has 1 aliphatic heterocycles. The number of ether oxygens (including phenoxy) is 1. The fourth-order valence-corrected chi connectivity index (χ4v) is 3.37. The Kier molecular flexibility index (Phi) is 4.13. The second-order valence-corrected chi connectivity index (χ2v) is 6.19. The molecule has 0 N–H and O–H groups in total. The molecular weight excluding hydrogens is 300 g/mol. The van der Waals surface area contributed by atoms with Gasteiger partial charge < -0.3 is 14.1 Å². The summed E-state index contributed by atoms with van der Waals surface area (Å²) in [6.45, 7) is 4.92. The number of furan rings is 1. The highest BCUT2D eigenvalue weighted by atomic mass is 16.5. The zero-order valence-electron chi connectivity index (χ0n) is 13.9. The minimum Gasteiger partial charge on any atom is -0.495 e. The van der Waals surface area contributed by atoms with Crippen molar-refractivity contribution in [2.45, 2.75) is 6.54 Å². The third-order valence-electron chi connectivity index (χ3n) is 4.65. The molecule has 0 saturated carbocycles. The molecule has 4 rings (SSSR count). The maximum atomic E-state index is 5.94. The Morgan fingerprint density at radius 2 is 1.71 bits per heavy atom. The van der Waals surface area contributed by atoms with E-state index in [-0.39, 0.29) is 0 Å². The van der Waals surface area contributed by atoms with Crippen LogP contribution in [-0.2, 0) is 6.54 Å². The van der Waals surface area contributed by atoms with Crippen LogP contribution in [0.25, 0.3) is 11.0 Å². The molecule has 0 radical (unpaired) electrons. The van der Waals surface area contributed by atoms with Crippen molar-refractivity contribution in [1.29, 1.82) is 0 Å². The molecule has 0 bridgehead atoms. The largest absolute Gasteiger partial charge is 0.495 e. The van der Waals surface area contributed by atoms with Gasteiger partial charge in [-0.05, 0) is 24.3 Å². The number of nitrogens with zero attached hydrogens (tertiary/aromatic N) is 2. The molecule has 0 atom stereocenters. The van der Waals surface area contributed by atoms with Gasteiger partial charge in [-0.25, -0.2) is 0 Å². The van der Waals surface area contributed by atoms with Crippen LogP contribution in [0.4, 0.5) is 5.69 Å². The number of rotatable bonds is 4. The van der Waals surface area contributed by atoms with Gasteiger partial charge in [0.15, 0.2) is 0 Å². The van der Waals surface area contributed by atoms with Gasteiger partial charge in [0, 0.05) is 31.6 Å². The molecule has 4 nitrogen and oxygen atoms in total. The normalized spacial score (nSPS) is 15.8. The number of hydrogen-bond donors (Lipinski definition) is 0. The number of methoxy groups -OCH3 is 1. The zero-order chi connectivity index (χ0) is 16.4. The van der Waals surface area contributed by atoms with Crippen LogP contribution >= 0.6 is 0 Å². The van der Waals surface area contributed by atoms with E-state index < -0.39 is 0 Å². The summed E-state index contributed by atoms with van der Waals surface area (Å²) in [5.41, 5.74) is 2.16. The summed E-state index contributed by atoms with van der Waals surface area (Å²) in [7, 11) is 1.73. The SMILES string of the molecule is COc1ccccc1N1CCN(Cc2cc3ccccc3o2)CC1. The average molecular weight is 322 g/mol. The number of benzene rings is 2. The molecule has 0 spiro atoms. The van der Waals surface area contributed by atoms with E-state index in [1.807, 2.05) is 30.3 Å². The highest BCUT2D eigenvalue weighted by molar-refractivity contribution is 5.77. The number of hydrogen-bond acceptors (Lipinski definition) is 4. The molecule has 124 valence electrons. The summed E-state index contributed by atoms with van der Waals surface area (Å²) in [5.74, 6) is 1.99. The van der Waals surface area contributed by atoms with Crippen molar-refractivity contribution in [3.63, 3.8) is 0 Å². The van der Waals surface area contributed by atoms with E-state index in [0.29, 0.717) is 0 Å². The van der Waals surface area contributed by atoms with Crippen LogP contribution in [0.3, 0.4) is 0 Å². The van der Waals surface area contributed by atoms with E-state index in [2.05, 4.69) is 34.1 Å². The van der Waals surface area contributed by atoms with Crippen LogP contribution < -0.4 is 9.64 Å². The second-order valence-electron chi connectivity index (χ2n) is 6.19. The number of fused-ring (bicyclic) bond motifs is 1. The van der Waals surface area contributed by atoms with Crippen LogP contribution in [0, 0.1) is 0 Å². The number of piperazine rings is 1. The van der Waals surface area contributed by atoms with E-state index in [4.69, 9.17) is 9.15 Å². The molecule has 4 heteroatoms. The molecule has 2 heterocycles. The Hall–Kier alpha value is -2.46. The average Bonchev–Trinajstić information content (AvgIpc) is 3.04. The highest BCUT2D eigenvalue weighted by Crippen LogP contribution is 2.28. The first-order valence-corrected chi connectivity index (χ1v) is 8.41. The van der Waals surface area contributed by atoms with E-state index >= 15 is 0 Å². The minimum atomic E-state index is 0.869. The fourth-order valence-electron chi connectivity index (χ4n) is 3.37. The standard InChI is InChI=1S/C20H22N2O2/c1-23-20-9-5-3-7-18(20)22-12-10-21(11-13-22)15-17-14-16-6-2-4-8-19(16)24-17/h2-9,14H,10-13,15H2,1H3. The van der Waals surface area contributed by atoms with E-state index in [9.17, 15) is 0 Å². The van der Waals surface area contributed by atoms with Gasteiger partial charge in [0.25, 0.3) is 0 Å². The molecule has 1 saturated heterocycles. The molecule has 1 aliphatic rings. The van der Waals surface area contributed by atoms with Gasteiger partial charge in [0.1, 0.15) is 17.1 Å². The Balaban J connectivity index is 1.41. The summed E-state index contributed by atoms with van der Waals surface area (Å²) in [6.07, 6.45) is 0. The summed E-state index contributed by atoms with van der Waals surface area (Å²) >= 11 is 0. The van der Waals surface area contributed by atoms with Gasteiger partial charge in [-0.15, -0.1) is 0 Å².